The van der Waals surface area contributed by atoms with Gasteiger partial charge in [0.2, 0.25) is 5.95 Å². The molecule has 18 heavy (non-hydrogen) atoms. The molecule has 1 aromatic rings. The first-order valence-electron chi connectivity index (χ1n) is 5.85. The summed E-state index contributed by atoms with van der Waals surface area (Å²) in [5, 5.41) is 9.91. The maximum absolute atomic E-state index is 9.91. The molecule has 100 valence electrons. The van der Waals surface area contributed by atoms with Gasteiger partial charge in [0.25, 0.3) is 0 Å². The van der Waals surface area contributed by atoms with Crippen LogP contribution in [0.25, 0.3) is 0 Å². The quantitative estimate of drug-likeness (QED) is 0.827. The lowest BCUT2D eigenvalue weighted by molar-refractivity contribution is 0.0348. The van der Waals surface area contributed by atoms with Crippen molar-refractivity contribution in [2.75, 3.05) is 32.2 Å². The van der Waals surface area contributed by atoms with Crippen molar-refractivity contribution in [1.29, 1.82) is 0 Å². The molecule has 0 saturated carbocycles. The summed E-state index contributed by atoms with van der Waals surface area (Å²) in [6.45, 7) is 3.24. The normalized spacial score (nSPS) is 18.6. The van der Waals surface area contributed by atoms with Crippen LogP contribution in [-0.2, 0) is 0 Å². The summed E-state index contributed by atoms with van der Waals surface area (Å²) in [5.74, 6) is 0.522. The lowest BCUT2D eigenvalue weighted by atomic mass is 9.94. The number of methoxy groups -OCH3 is 2. The van der Waals surface area contributed by atoms with Gasteiger partial charge in [-0.2, -0.15) is 9.97 Å². The van der Waals surface area contributed by atoms with Gasteiger partial charge in [0.1, 0.15) is 0 Å². The van der Waals surface area contributed by atoms with E-state index in [-0.39, 0.29) is 12.0 Å². The van der Waals surface area contributed by atoms with E-state index < -0.39 is 5.60 Å². The Kier molecular flexibility index (Phi) is 3.51. The summed E-state index contributed by atoms with van der Waals surface area (Å²) >= 11 is 0. The molecule has 0 aliphatic carbocycles. The summed E-state index contributed by atoms with van der Waals surface area (Å²) < 4.78 is 10.0. The van der Waals surface area contributed by atoms with Crippen LogP contribution >= 0.6 is 0 Å². The molecular formula is C11H18N4O3. The van der Waals surface area contributed by atoms with Gasteiger partial charge in [-0.15, -0.1) is 4.98 Å². The highest BCUT2D eigenvalue weighted by molar-refractivity contribution is 5.33. The number of aromatic nitrogens is 3. The molecule has 0 amide bonds. The predicted molar refractivity (Wildman–Crippen MR) is 65.0 cm³/mol. The number of rotatable bonds is 3. The summed E-state index contributed by atoms with van der Waals surface area (Å²) in [4.78, 5) is 14.3. The maximum Gasteiger partial charge on any atom is 0.324 e. The first kappa shape index (κ1) is 12.8. The summed E-state index contributed by atoms with van der Waals surface area (Å²) in [6.07, 6.45) is 1.37. The lowest BCUT2D eigenvalue weighted by Gasteiger charge is -2.35. The van der Waals surface area contributed by atoms with Gasteiger partial charge in [0, 0.05) is 13.1 Å². The summed E-state index contributed by atoms with van der Waals surface area (Å²) in [7, 11) is 3.00. The smallest absolute Gasteiger partial charge is 0.324 e. The van der Waals surface area contributed by atoms with E-state index in [1.54, 1.807) is 0 Å². The SMILES string of the molecule is COc1nc(OC)nc(N2CCC(C)(O)CC2)n1. The van der Waals surface area contributed by atoms with Crippen LogP contribution in [0.4, 0.5) is 5.95 Å². The number of piperidine rings is 1. The number of aliphatic hydroxyl groups is 1. The highest BCUT2D eigenvalue weighted by Gasteiger charge is 2.29. The van der Waals surface area contributed by atoms with Gasteiger partial charge in [-0.1, -0.05) is 0 Å². The Balaban J connectivity index is 2.18. The largest absolute Gasteiger partial charge is 0.467 e. The van der Waals surface area contributed by atoms with Crippen molar-refractivity contribution in [3.8, 4) is 12.0 Å². The summed E-state index contributed by atoms with van der Waals surface area (Å²) in [6, 6.07) is 0.461. The van der Waals surface area contributed by atoms with E-state index >= 15 is 0 Å². The van der Waals surface area contributed by atoms with Crippen molar-refractivity contribution >= 4 is 5.95 Å². The first-order valence-corrected chi connectivity index (χ1v) is 5.85. The molecule has 1 aromatic heterocycles. The zero-order chi connectivity index (χ0) is 13.2. The molecular weight excluding hydrogens is 236 g/mol. The minimum absolute atomic E-state index is 0.231. The van der Waals surface area contributed by atoms with Crippen LogP contribution in [0.1, 0.15) is 19.8 Å². The molecule has 1 aliphatic rings. The van der Waals surface area contributed by atoms with Gasteiger partial charge in [-0.05, 0) is 19.8 Å². The topological polar surface area (TPSA) is 80.6 Å². The fraction of sp³-hybridized carbons (Fsp3) is 0.727. The second-order valence-electron chi connectivity index (χ2n) is 4.59. The molecule has 1 fully saturated rings. The Labute approximate surface area is 106 Å². The number of ether oxygens (including phenoxy) is 2. The van der Waals surface area contributed by atoms with Crippen molar-refractivity contribution in [3.63, 3.8) is 0 Å². The molecule has 0 spiro atoms. The molecule has 1 aliphatic heterocycles. The van der Waals surface area contributed by atoms with E-state index in [0.717, 1.165) is 0 Å². The standard InChI is InChI=1S/C11H18N4O3/c1-11(16)4-6-15(7-5-11)8-12-9(17-2)14-10(13-8)18-3/h16H,4-7H2,1-3H3. The Bertz CT molecular complexity index is 392. The number of nitrogens with zero attached hydrogens (tertiary/aromatic N) is 4. The third-order valence-electron chi connectivity index (χ3n) is 3.07. The van der Waals surface area contributed by atoms with Gasteiger partial charge in [-0.3, -0.25) is 0 Å². The Morgan fingerprint density at radius 3 is 2.00 bits per heavy atom. The predicted octanol–water partition coefficient (Wildman–Crippen LogP) is 0.240. The lowest BCUT2D eigenvalue weighted by Crippen LogP contribution is -2.43. The molecule has 7 heteroatoms. The third-order valence-corrected chi connectivity index (χ3v) is 3.07. The Morgan fingerprint density at radius 2 is 1.56 bits per heavy atom. The van der Waals surface area contributed by atoms with Crippen LogP contribution in [0.15, 0.2) is 0 Å². The Morgan fingerprint density at radius 1 is 1.06 bits per heavy atom. The monoisotopic (exact) mass is 254 g/mol. The third kappa shape index (κ3) is 2.79. The van der Waals surface area contributed by atoms with Gasteiger partial charge in [0.15, 0.2) is 0 Å². The van der Waals surface area contributed by atoms with E-state index in [4.69, 9.17) is 9.47 Å². The van der Waals surface area contributed by atoms with Gasteiger partial charge >= 0.3 is 12.0 Å². The fourth-order valence-corrected chi connectivity index (χ4v) is 1.84. The fourth-order valence-electron chi connectivity index (χ4n) is 1.84. The van der Waals surface area contributed by atoms with Crippen molar-refractivity contribution in [1.82, 2.24) is 15.0 Å². The molecule has 2 rings (SSSR count). The van der Waals surface area contributed by atoms with E-state index in [1.807, 2.05) is 11.8 Å². The van der Waals surface area contributed by atoms with Gasteiger partial charge < -0.3 is 19.5 Å². The van der Waals surface area contributed by atoms with E-state index in [9.17, 15) is 5.11 Å². The molecule has 0 radical (unpaired) electrons. The molecule has 1 N–H and O–H groups in total. The second-order valence-corrected chi connectivity index (χ2v) is 4.59. The molecule has 0 unspecified atom stereocenters. The van der Waals surface area contributed by atoms with Crippen LogP contribution < -0.4 is 14.4 Å². The van der Waals surface area contributed by atoms with Crippen molar-refractivity contribution in [2.45, 2.75) is 25.4 Å². The minimum atomic E-state index is -0.600. The molecule has 1 saturated heterocycles. The van der Waals surface area contributed by atoms with Crippen molar-refractivity contribution in [2.24, 2.45) is 0 Å². The average molecular weight is 254 g/mol. The van der Waals surface area contributed by atoms with Crippen LogP contribution in [0.5, 0.6) is 12.0 Å². The zero-order valence-corrected chi connectivity index (χ0v) is 10.9. The highest BCUT2D eigenvalue weighted by Crippen LogP contribution is 2.25. The number of anilines is 1. The van der Waals surface area contributed by atoms with Crippen LogP contribution in [0.3, 0.4) is 0 Å². The van der Waals surface area contributed by atoms with E-state index in [1.165, 1.54) is 14.2 Å². The van der Waals surface area contributed by atoms with E-state index in [2.05, 4.69) is 15.0 Å². The summed E-state index contributed by atoms with van der Waals surface area (Å²) in [5.41, 5.74) is -0.600. The molecule has 0 bridgehead atoms. The van der Waals surface area contributed by atoms with Gasteiger partial charge in [-0.25, -0.2) is 0 Å². The minimum Gasteiger partial charge on any atom is -0.467 e. The first-order chi connectivity index (χ1) is 8.54. The van der Waals surface area contributed by atoms with Crippen molar-refractivity contribution in [3.05, 3.63) is 0 Å². The molecule has 7 nitrogen and oxygen atoms in total. The van der Waals surface area contributed by atoms with Crippen LogP contribution in [0, 0.1) is 0 Å². The second kappa shape index (κ2) is 4.93. The van der Waals surface area contributed by atoms with Crippen molar-refractivity contribution < 1.29 is 14.6 Å². The molecule has 0 aromatic carbocycles. The Hall–Kier alpha value is -1.63. The molecule has 0 atom stereocenters. The van der Waals surface area contributed by atoms with Crippen LogP contribution in [-0.4, -0.2) is 53.0 Å². The number of hydrogen-bond donors (Lipinski definition) is 1. The highest BCUT2D eigenvalue weighted by atomic mass is 16.5. The number of hydrogen-bond acceptors (Lipinski definition) is 7. The maximum atomic E-state index is 9.91. The average Bonchev–Trinajstić information content (AvgIpc) is 2.38. The van der Waals surface area contributed by atoms with E-state index in [0.29, 0.717) is 31.9 Å². The van der Waals surface area contributed by atoms with Gasteiger partial charge in [0.05, 0.1) is 19.8 Å². The van der Waals surface area contributed by atoms with Crippen LogP contribution in [0.2, 0.25) is 0 Å². The zero-order valence-electron chi connectivity index (χ0n) is 10.9. The molecule has 2 heterocycles.